The van der Waals surface area contributed by atoms with E-state index in [9.17, 15) is 23.8 Å². The second-order valence-electron chi connectivity index (χ2n) is 13.7. The number of phosphoric acid groups is 1. The Balaban J connectivity index is 4.52. The number of carboxylic acids is 1. The van der Waals surface area contributed by atoms with Crippen LogP contribution in [0.25, 0.3) is 0 Å². The van der Waals surface area contributed by atoms with Crippen LogP contribution in [0.3, 0.4) is 0 Å². The van der Waals surface area contributed by atoms with Crippen LogP contribution < -0.4 is 5.73 Å². The molecule has 0 rings (SSSR count). The molecule has 0 aromatic rings. The minimum atomic E-state index is -4.74. The van der Waals surface area contributed by atoms with Gasteiger partial charge in [0.2, 0.25) is 0 Å². The standard InChI is InChI=1S/C44H74NO10P/c1-3-5-7-9-11-13-15-17-19-20-22-24-26-28-30-32-34-36-43(47)55-40(38-53-56(50,51)54-39-41(45)44(48)49)37-52-42(46)35-33-31-29-27-25-23-21-18-16-14-12-10-8-6-4-2/h6,8,12,14,17-19,21-22,24,28,30,40-41H,3-5,7,9-11,13,15-16,20,23,25-27,29,31-39,45H2,1-2H3,(H,48,49)(H,50,51)/b8-6-,14-12-,19-17-,21-18-,24-22-,30-28-/t40-,41+/m1/s1. The van der Waals surface area contributed by atoms with Gasteiger partial charge in [0.25, 0.3) is 0 Å². The first-order chi connectivity index (χ1) is 27.1. The van der Waals surface area contributed by atoms with Crippen LogP contribution in [0.4, 0.5) is 0 Å². The van der Waals surface area contributed by atoms with Crippen molar-refractivity contribution in [2.75, 3.05) is 19.8 Å². The first-order valence-electron chi connectivity index (χ1n) is 21.0. The van der Waals surface area contributed by atoms with Crippen molar-refractivity contribution in [2.24, 2.45) is 5.73 Å². The lowest BCUT2D eigenvalue weighted by Crippen LogP contribution is -2.34. The van der Waals surface area contributed by atoms with E-state index >= 15 is 0 Å². The van der Waals surface area contributed by atoms with Gasteiger partial charge in [-0.2, -0.15) is 0 Å². The number of carboxylic acid groups (broad SMARTS) is 1. The summed E-state index contributed by atoms with van der Waals surface area (Å²) in [4.78, 5) is 45.9. The van der Waals surface area contributed by atoms with Crippen molar-refractivity contribution in [3.05, 3.63) is 72.9 Å². The number of nitrogens with two attached hydrogens (primary N) is 1. The van der Waals surface area contributed by atoms with Gasteiger partial charge in [0.05, 0.1) is 13.2 Å². The van der Waals surface area contributed by atoms with Crippen molar-refractivity contribution < 1.29 is 47.5 Å². The van der Waals surface area contributed by atoms with E-state index in [1.165, 1.54) is 38.5 Å². The summed E-state index contributed by atoms with van der Waals surface area (Å²) in [5, 5.41) is 8.88. The van der Waals surface area contributed by atoms with E-state index in [1.807, 2.05) is 12.2 Å². The molecule has 0 heterocycles. The van der Waals surface area contributed by atoms with E-state index in [2.05, 4.69) is 79.1 Å². The number of ether oxygens (including phenoxy) is 2. The zero-order valence-electron chi connectivity index (χ0n) is 34.4. The predicted molar refractivity (Wildman–Crippen MR) is 226 cm³/mol. The second-order valence-corrected chi connectivity index (χ2v) is 15.2. The highest BCUT2D eigenvalue weighted by Gasteiger charge is 2.28. The highest BCUT2D eigenvalue weighted by molar-refractivity contribution is 7.47. The Kier molecular flexibility index (Phi) is 36.6. The first-order valence-corrected chi connectivity index (χ1v) is 22.5. The Hall–Kier alpha value is -3.08. The van der Waals surface area contributed by atoms with Gasteiger partial charge in [0, 0.05) is 12.8 Å². The van der Waals surface area contributed by atoms with Crippen LogP contribution in [0.2, 0.25) is 0 Å². The quantitative estimate of drug-likeness (QED) is 0.0235. The Bertz CT molecular complexity index is 1230. The molecule has 0 aliphatic heterocycles. The van der Waals surface area contributed by atoms with E-state index in [0.717, 1.165) is 70.6 Å². The summed E-state index contributed by atoms with van der Waals surface area (Å²) in [7, 11) is -4.74. The molecular weight excluding hydrogens is 733 g/mol. The van der Waals surface area contributed by atoms with Gasteiger partial charge >= 0.3 is 25.7 Å². The van der Waals surface area contributed by atoms with Crippen molar-refractivity contribution in [1.29, 1.82) is 0 Å². The minimum absolute atomic E-state index is 0.0819. The first kappa shape index (κ1) is 52.9. The minimum Gasteiger partial charge on any atom is -0.480 e. The molecule has 0 bridgehead atoms. The van der Waals surface area contributed by atoms with E-state index < -0.39 is 51.1 Å². The predicted octanol–water partition coefficient (Wildman–Crippen LogP) is 10.9. The summed E-state index contributed by atoms with van der Waals surface area (Å²) in [6.07, 6.45) is 45.5. The zero-order chi connectivity index (χ0) is 41.4. The lowest BCUT2D eigenvalue weighted by Gasteiger charge is -2.20. The summed E-state index contributed by atoms with van der Waals surface area (Å²) < 4.78 is 32.6. The Labute approximate surface area is 338 Å². The molecule has 0 saturated heterocycles. The smallest absolute Gasteiger partial charge is 0.472 e. The Morgan fingerprint density at radius 1 is 0.571 bits per heavy atom. The zero-order valence-corrected chi connectivity index (χ0v) is 35.3. The van der Waals surface area contributed by atoms with Crippen LogP contribution in [-0.4, -0.2) is 59.9 Å². The summed E-state index contributed by atoms with van der Waals surface area (Å²) >= 11 is 0. The van der Waals surface area contributed by atoms with E-state index in [-0.39, 0.29) is 19.4 Å². The largest absolute Gasteiger partial charge is 0.480 e. The number of aliphatic carboxylic acids is 1. The fourth-order valence-electron chi connectivity index (χ4n) is 5.15. The average Bonchev–Trinajstić information content (AvgIpc) is 3.17. The monoisotopic (exact) mass is 808 g/mol. The van der Waals surface area contributed by atoms with Crippen LogP contribution in [0.15, 0.2) is 72.9 Å². The molecule has 320 valence electrons. The van der Waals surface area contributed by atoms with Gasteiger partial charge in [-0.25, -0.2) is 4.57 Å². The molecule has 0 aromatic heterocycles. The van der Waals surface area contributed by atoms with Crippen LogP contribution >= 0.6 is 7.82 Å². The van der Waals surface area contributed by atoms with E-state index in [1.54, 1.807) is 0 Å². The van der Waals surface area contributed by atoms with Crippen LogP contribution in [0.5, 0.6) is 0 Å². The molecule has 0 aliphatic rings. The maximum Gasteiger partial charge on any atom is 0.472 e. The van der Waals surface area contributed by atoms with Crippen molar-refractivity contribution >= 4 is 25.7 Å². The molecule has 11 nitrogen and oxygen atoms in total. The fourth-order valence-corrected chi connectivity index (χ4v) is 5.93. The van der Waals surface area contributed by atoms with Crippen LogP contribution in [0.1, 0.15) is 155 Å². The number of phosphoric ester groups is 1. The normalized spacial score (nSPS) is 14.5. The molecule has 4 N–H and O–H groups in total. The maximum absolute atomic E-state index is 12.6. The number of esters is 2. The van der Waals surface area contributed by atoms with Gasteiger partial charge in [-0.3, -0.25) is 23.4 Å². The number of unbranched alkanes of at least 4 members (excludes halogenated alkanes) is 12. The molecule has 0 spiro atoms. The van der Waals surface area contributed by atoms with Crippen molar-refractivity contribution in [3.8, 4) is 0 Å². The van der Waals surface area contributed by atoms with Crippen molar-refractivity contribution in [2.45, 2.75) is 167 Å². The molecule has 0 amide bonds. The summed E-state index contributed by atoms with van der Waals surface area (Å²) in [6.45, 7) is 2.60. The average molecular weight is 808 g/mol. The molecule has 0 aromatic carbocycles. The van der Waals surface area contributed by atoms with Gasteiger partial charge in [0.15, 0.2) is 6.10 Å². The van der Waals surface area contributed by atoms with E-state index in [4.69, 9.17) is 24.8 Å². The fraction of sp³-hybridized carbons (Fsp3) is 0.659. The molecule has 0 saturated carbocycles. The SMILES string of the molecule is CC/C=C\C/C=C\C/C=C\CCCCCCCC(=O)OC[C@H](COP(=O)(O)OC[C@H](N)C(=O)O)OC(=O)CCC/C=C\C/C=C\C/C=C\CCCCCCCC. The summed E-state index contributed by atoms with van der Waals surface area (Å²) in [6, 6.07) is -1.53. The molecule has 1 unspecified atom stereocenters. The van der Waals surface area contributed by atoms with Gasteiger partial charge < -0.3 is 25.2 Å². The molecule has 0 fully saturated rings. The van der Waals surface area contributed by atoms with Crippen molar-refractivity contribution in [3.63, 3.8) is 0 Å². The molecule has 12 heteroatoms. The number of hydrogen-bond donors (Lipinski definition) is 3. The highest BCUT2D eigenvalue weighted by atomic mass is 31.2. The third kappa shape index (κ3) is 37.8. The maximum atomic E-state index is 12.6. The lowest BCUT2D eigenvalue weighted by molar-refractivity contribution is -0.161. The van der Waals surface area contributed by atoms with Gasteiger partial charge in [-0.15, -0.1) is 0 Å². The topological polar surface area (TPSA) is 172 Å². The van der Waals surface area contributed by atoms with Crippen LogP contribution in [-0.2, 0) is 37.5 Å². The van der Waals surface area contributed by atoms with Crippen LogP contribution in [0, 0.1) is 0 Å². The Morgan fingerprint density at radius 2 is 1.02 bits per heavy atom. The number of rotatable bonds is 38. The number of hydrogen-bond acceptors (Lipinski definition) is 9. The number of carbonyl (C=O) groups is 3. The van der Waals surface area contributed by atoms with Gasteiger partial charge in [-0.05, 0) is 77.0 Å². The molecule has 3 atom stereocenters. The second kappa shape index (κ2) is 38.8. The number of allylic oxidation sites excluding steroid dienone is 12. The third-order valence-corrected chi connectivity index (χ3v) is 9.39. The molecule has 0 aliphatic carbocycles. The summed E-state index contributed by atoms with van der Waals surface area (Å²) in [5.74, 6) is -2.48. The molecule has 0 radical (unpaired) electrons. The van der Waals surface area contributed by atoms with Crippen molar-refractivity contribution in [1.82, 2.24) is 0 Å². The van der Waals surface area contributed by atoms with Gasteiger partial charge in [-0.1, -0.05) is 138 Å². The highest BCUT2D eigenvalue weighted by Crippen LogP contribution is 2.43. The van der Waals surface area contributed by atoms with Gasteiger partial charge in [0.1, 0.15) is 12.6 Å². The number of carbonyl (C=O) groups excluding carboxylic acids is 2. The molecular formula is C44H74NO10P. The third-order valence-electron chi connectivity index (χ3n) is 8.44. The van der Waals surface area contributed by atoms with E-state index in [0.29, 0.717) is 19.3 Å². The lowest BCUT2D eigenvalue weighted by atomic mass is 10.1. The summed E-state index contributed by atoms with van der Waals surface area (Å²) in [5.41, 5.74) is 5.32. The Morgan fingerprint density at radius 3 is 1.55 bits per heavy atom. The molecule has 56 heavy (non-hydrogen) atoms.